The van der Waals surface area contributed by atoms with Gasteiger partial charge in [0.2, 0.25) is 0 Å². The average Bonchev–Trinajstić information content (AvgIpc) is 2.78. The first-order chi connectivity index (χ1) is 14.1. The lowest BCUT2D eigenvalue weighted by Crippen LogP contribution is -2.44. The van der Waals surface area contributed by atoms with Gasteiger partial charge in [0.25, 0.3) is 0 Å². The Morgan fingerprint density at radius 3 is 2.45 bits per heavy atom. The van der Waals surface area contributed by atoms with Crippen molar-refractivity contribution in [1.29, 1.82) is 0 Å². The number of hydrogen-bond acceptors (Lipinski definition) is 4. The van der Waals surface area contributed by atoms with Gasteiger partial charge in [-0.15, -0.1) is 0 Å². The summed E-state index contributed by atoms with van der Waals surface area (Å²) in [5.41, 5.74) is 4.21. The van der Waals surface area contributed by atoms with Crippen LogP contribution < -0.4 is 4.74 Å². The predicted molar refractivity (Wildman–Crippen MR) is 121 cm³/mol. The smallest absolute Gasteiger partial charge is 0.169 e. The van der Waals surface area contributed by atoms with Crippen LogP contribution in [0.1, 0.15) is 51.0 Å². The molecule has 4 nitrogen and oxygen atoms in total. The van der Waals surface area contributed by atoms with Gasteiger partial charge in [0, 0.05) is 32.7 Å². The van der Waals surface area contributed by atoms with Crippen molar-refractivity contribution in [2.75, 3.05) is 34.9 Å². The number of fused-ring (bicyclic) bond motifs is 1. The fraction of sp³-hybridized carbons (Fsp3) is 0.583. The van der Waals surface area contributed by atoms with Crippen LogP contribution >= 0.6 is 11.6 Å². The Hall–Kier alpha value is -1.33. The lowest BCUT2D eigenvalue weighted by Gasteiger charge is -2.42. The third-order valence-electron chi connectivity index (χ3n) is 5.79. The zero-order valence-electron chi connectivity index (χ0n) is 18.7. The molecule has 1 aromatic carbocycles. The molecule has 0 bridgehead atoms. The van der Waals surface area contributed by atoms with Crippen molar-refractivity contribution in [3.8, 4) is 5.75 Å². The number of nitrogens with zero attached hydrogens (tertiary/aromatic N) is 1. The molecule has 2 aliphatic rings. The van der Waals surface area contributed by atoms with E-state index in [1.54, 1.807) is 21.3 Å². The summed E-state index contributed by atoms with van der Waals surface area (Å²) in [5.74, 6) is 1.02. The Morgan fingerprint density at radius 1 is 1.10 bits per heavy atom. The second kappa shape index (κ2) is 11.8. The standard InChI is InChI=1S/C22H30ClNO3.C2H6/c1-24(14-21(26-3)27-4)19-12-10-15-7-5-6-8-17(15)22(19)16-9-11-18(23)20(13-16)25-2;1-2/h7-9,11,13,19,21-22H,5-6,10,12,14H2,1-4H3;1-2H3/t19?,22-;/m0./s1. The van der Waals surface area contributed by atoms with Gasteiger partial charge in [0.1, 0.15) is 5.75 Å². The van der Waals surface area contributed by atoms with Gasteiger partial charge in [0.05, 0.1) is 12.1 Å². The molecule has 1 aromatic rings. The molecule has 0 aliphatic heterocycles. The minimum atomic E-state index is -0.229. The Kier molecular flexibility index (Phi) is 9.70. The maximum atomic E-state index is 6.28. The molecular formula is C24H36ClNO3. The third-order valence-corrected chi connectivity index (χ3v) is 6.10. The molecule has 0 saturated heterocycles. The number of hydrogen-bond donors (Lipinski definition) is 0. The molecule has 2 aliphatic carbocycles. The maximum Gasteiger partial charge on any atom is 0.169 e. The second-order valence-electron chi connectivity index (χ2n) is 7.28. The van der Waals surface area contributed by atoms with Crippen LogP contribution in [0.25, 0.3) is 0 Å². The fourth-order valence-corrected chi connectivity index (χ4v) is 4.55. The Balaban J connectivity index is 0.00000145. The van der Waals surface area contributed by atoms with Crippen LogP contribution in [-0.4, -0.2) is 52.2 Å². The molecular weight excluding hydrogens is 386 g/mol. The Bertz CT molecular complexity index is 712. The van der Waals surface area contributed by atoms with Gasteiger partial charge in [-0.05, 0) is 61.6 Å². The first-order valence-electron chi connectivity index (χ1n) is 10.6. The summed E-state index contributed by atoms with van der Waals surface area (Å²) in [6.45, 7) is 4.73. The summed E-state index contributed by atoms with van der Waals surface area (Å²) in [5, 5.41) is 0.647. The second-order valence-corrected chi connectivity index (χ2v) is 7.69. The number of ether oxygens (including phenoxy) is 3. The van der Waals surface area contributed by atoms with Crippen molar-refractivity contribution < 1.29 is 14.2 Å². The Labute approximate surface area is 181 Å². The van der Waals surface area contributed by atoms with Crippen LogP contribution in [0.3, 0.4) is 0 Å². The van der Waals surface area contributed by atoms with Crippen molar-refractivity contribution in [2.45, 2.75) is 57.8 Å². The zero-order chi connectivity index (χ0) is 21.4. The highest BCUT2D eigenvalue weighted by molar-refractivity contribution is 6.32. The highest BCUT2D eigenvalue weighted by Gasteiger charge is 2.36. The van der Waals surface area contributed by atoms with Gasteiger partial charge < -0.3 is 14.2 Å². The normalized spacial score (nSPS) is 21.1. The lowest BCUT2D eigenvalue weighted by atomic mass is 9.71. The van der Waals surface area contributed by atoms with E-state index < -0.39 is 0 Å². The van der Waals surface area contributed by atoms with E-state index in [-0.39, 0.29) is 12.2 Å². The van der Waals surface area contributed by atoms with Gasteiger partial charge in [-0.25, -0.2) is 0 Å². The number of allylic oxidation sites excluding steroid dienone is 3. The van der Waals surface area contributed by atoms with Crippen molar-refractivity contribution in [1.82, 2.24) is 4.90 Å². The van der Waals surface area contributed by atoms with Crippen LogP contribution in [0.4, 0.5) is 0 Å². The topological polar surface area (TPSA) is 30.9 Å². The highest BCUT2D eigenvalue weighted by atomic mass is 35.5. The minimum Gasteiger partial charge on any atom is -0.495 e. The minimum absolute atomic E-state index is 0.229. The van der Waals surface area contributed by atoms with E-state index in [1.165, 1.54) is 16.7 Å². The van der Waals surface area contributed by atoms with Gasteiger partial charge in [-0.2, -0.15) is 0 Å². The van der Waals surface area contributed by atoms with Gasteiger partial charge in [-0.1, -0.05) is 43.7 Å². The summed E-state index contributed by atoms with van der Waals surface area (Å²) < 4.78 is 16.4. The molecule has 2 atom stereocenters. The summed E-state index contributed by atoms with van der Waals surface area (Å²) >= 11 is 6.28. The van der Waals surface area contributed by atoms with Crippen LogP contribution in [0, 0.1) is 0 Å². The van der Waals surface area contributed by atoms with E-state index in [4.69, 9.17) is 25.8 Å². The van der Waals surface area contributed by atoms with Crippen molar-refractivity contribution in [2.24, 2.45) is 0 Å². The first kappa shape index (κ1) is 23.9. The average molecular weight is 422 g/mol. The largest absolute Gasteiger partial charge is 0.495 e. The molecule has 1 unspecified atom stereocenters. The molecule has 3 rings (SSSR count). The summed E-state index contributed by atoms with van der Waals surface area (Å²) in [6, 6.07) is 6.54. The predicted octanol–water partition coefficient (Wildman–Crippen LogP) is 5.82. The molecule has 5 heteroatoms. The van der Waals surface area contributed by atoms with E-state index >= 15 is 0 Å². The number of methoxy groups -OCH3 is 3. The lowest BCUT2D eigenvalue weighted by molar-refractivity contribution is -0.118. The van der Waals surface area contributed by atoms with Crippen LogP contribution in [0.15, 0.2) is 41.5 Å². The molecule has 0 N–H and O–H groups in total. The van der Waals surface area contributed by atoms with E-state index in [9.17, 15) is 0 Å². The van der Waals surface area contributed by atoms with Crippen LogP contribution in [0.5, 0.6) is 5.75 Å². The number of likely N-dealkylation sites (N-methyl/N-ethyl adjacent to an activating group) is 1. The fourth-order valence-electron chi connectivity index (χ4n) is 4.36. The third kappa shape index (κ3) is 5.64. The summed E-state index contributed by atoms with van der Waals surface area (Å²) in [7, 11) is 7.21. The maximum absolute atomic E-state index is 6.28. The van der Waals surface area contributed by atoms with Gasteiger partial charge in [0.15, 0.2) is 6.29 Å². The molecule has 0 heterocycles. The molecule has 0 aromatic heterocycles. The molecule has 0 spiro atoms. The molecule has 1 saturated carbocycles. The van der Waals surface area contributed by atoms with Gasteiger partial charge in [-0.3, -0.25) is 4.90 Å². The van der Waals surface area contributed by atoms with Crippen molar-refractivity contribution >= 4 is 11.6 Å². The number of halogens is 1. The highest BCUT2D eigenvalue weighted by Crippen LogP contribution is 2.45. The van der Waals surface area contributed by atoms with Crippen LogP contribution in [0.2, 0.25) is 5.02 Å². The SMILES string of the molecule is CC.COc1cc([C@H]2C3=CCCC=C3CCC2N(C)CC(OC)OC)ccc1Cl. The molecule has 0 radical (unpaired) electrons. The summed E-state index contributed by atoms with van der Waals surface area (Å²) in [4.78, 5) is 2.37. The van der Waals surface area contributed by atoms with Crippen molar-refractivity contribution in [3.63, 3.8) is 0 Å². The molecule has 0 amide bonds. The van der Waals surface area contributed by atoms with Gasteiger partial charge >= 0.3 is 0 Å². The number of benzene rings is 1. The zero-order valence-corrected chi connectivity index (χ0v) is 19.5. The molecule has 162 valence electrons. The molecule has 1 fully saturated rings. The van der Waals surface area contributed by atoms with Crippen molar-refractivity contribution in [3.05, 3.63) is 52.1 Å². The summed E-state index contributed by atoms with van der Waals surface area (Å²) in [6.07, 6.45) is 9.08. The van der Waals surface area contributed by atoms with E-state index in [0.717, 1.165) is 38.0 Å². The van der Waals surface area contributed by atoms with Crippen LogP contribution in [-0.2, 0) is 9.47 Å². The van der Waals surface area contributed by atoms with E-state index in [2.05, 4.69) is 36.2 Å². The Morgan fingerprint density at radius 2 is 1.79 bits per heavy atom. The number of rotatable bonds is 7. The first-order valence-corrected chi connectivity index (χ1v) is 11.0. The monoisotopic (exact) mass is 421 g/mol. The van der Waals surface area contributed by atoms with E-state index in [1.807, 2.05) is 19.9 Å². The van der Waals surface area contributed by atoms with E-state index in [0.29, 0.717) is 11.1 Å². The molecule has 29 heavy (non-hydrogen) atoms. The quantitative estimate of drug-likeness (QED) is 0.519.